The second-order valence-corrected chi connectivity index (χ2v) is 7.35. The molecule has 0 fully saturated rings. The monoisotopic (exact) mass is 372 g/mol. The molecule has 1 aliphatic rings. The molecule has 1 aliphatic carbocycles. The van der Waals surface area contributed by atoms with E-state index >= 15 is 0 Å². The van der Waals surface area contributed by atoms with E-state index in [0.717, 1.165) is 35.3 Å². The Morgan fingerprint density at radius 3 is 2.82 bits per heavy atom. The van der Waals surface area contributed by atoms with Gasteiger partial charge >= 0.3 is 0 Å². The van der Waals surface area contributed by atoms with Crippen molar-refractivity contribution in [3.8, 4) is 11.5 Å². The van der Waals surface area contributed by atoms with Gasteiger partial charge in [0.15, 0.2) is 5.65 Å². The fourth-order valence-electron chi connectivity index (χ4n) is 3.81. The lowest BCUT2D eigenvalue weighted by Gasteiger charge is -2.13. The van der Waals surface area contributed by atoms with E-state index in [2.05, 4.69) is 26.2 Å². The van der Waals surface area contributed by atoms with E-state index in [1.807, 2.05) is 44.3 Å². The molecule has 0 unspecified atom stereocenters. The Labute approximate surface area is 162 Å². The van der Waals surface area contributed by atoms with Crippen LogP contribution in [0.2, 0.25) is 0 Å². The van der Waals surface area contributed by atoms with Crippen molar-refractivity contribution < 1.29 is 4.85 Å². The number of fused-ring (bicyclic) bond motifs is 2. The quantitative estimate of drug-likeness (QED) is 0.397. The van der Waals surface area contributed by atoms with E-state index in [1.54, 1.807) is 4.52 Å². The summed E-state index contributed by atoms with van der Waals surface area (Å²) < 4.78 is 1.71. The summed E-state index contributed by atoms with van der Waals surface area (Å²) in [7, 11) is 0. The minimum Gasteiger partial charge on any atom is -0.594 e. The smallest absolute Gasteiger partial charge is 0.271 e. The molecule has 7 heteroatoms. The van der Waals surface area contributed by atoms with Crippen molar-refractivity contribution in [2.45, 2.75) is 39.5 Å². The van der Waals surface area contributed by atoms with Crippen molar-refractivity contribution in [2.24, 2.45) is 0 Å². The first-order chi connectivity index (χ1) is 13.6. The largest absolute Gasteiger partial charge is 0.594 e. The summed E-state index contributed by atoms with van der Waals surface area (Å²) >= 11 is 0. The van der Waals surface area contributed by atoms with Gasteiger partial charge < -0.3 is 5.21 Å². The fraction of sp³-hybridized carbons (Fsp3) is 0.286. The molecule has 0 aliphatic heterocycles. The van der Waals surface area contributed by atoms with Crippen LogP contribution in [0.3, 0.4) is 0 Å². The molecular formula is C21H20N6O. The zero-order valence-electron chi connectivity index (χ0n) is 15.9. The summed E-state index contributed by atoms with van der Waals surface area (Å²) in [5, 5.41) is 21.3. The Morgan fingerprint density at radius 1 is 1.11 bits per heavy atom. The third-order valence-corrected chi connectivity index (χ3v) is 5.21. The van der Waals surface area contributed by atoms with Crippen molar-refractivity contribution in [3.63, 3.8) is 0 Å². The molecule has 5 rings (SSSR count). The zero-order valence-corrected chi connectivity index (χ0v) is 15.9. The Morgan fingerprint density at radius 2 is 2.00 bits per heavy atom. The summed E-state index contributed by atoms with van der Waals surface area (Å²) in [6, 6.07) is 7.69. The third-order valence-electron chi connectivity index (χ3n) is 5.21. The van der Waals surface area contributed by atoms with Gasteiger partial charge in [-0.25, -0.2) is 14.5 Å². The van der Waals surface area contributed by atoms with Gasteiger partial charge in [-0.05, 0) is 73.2 Å². The third kappa shape index (κ3) is 2.79. The molecule has 0 spiro atoms. The van der Waals surface area contributed by atoms with Crippen LogP contribution < -0.4 is 4.85 Å². The van der Waals surface area contributed by atoms with Crippen molar-refractivity contribution in [1.29, 1.82) is 0 Å². The molecule has 0 N–H and O–H groups in total. The van der Waals surface area contributed by atoms with Crippen molar-refractivity contribution in [1.82, 2.24) is 24.7 Å². The van der Waals surface area contributed by atoms with Crippen molar-refractivity contribution in [3.05, 3.63) is 58.6 Å². The van der Waals surface area contributed by atoms with Crippen LogP contribution in [-0.2, 0) is 0 Å². The van der Waals surface area contributed by atoms with Crippen LogP contribution in [-0.4, -0.2) is 24.7 Å². The van der Waals surface area contributed by atoms with Crippen LogP contribution in [0.1, 0.15) is 42.5 Å². The molecule has 3 aromatic heterocycles. The highest BCUT2D eigenvalue weighted by Gasteiger charge is 2.17. The summed E-state index contributed by atoms with van der Waals surface area (Å²) in [4.78, 5) is 9.71. The summed E-state index contributed by atoms with van der Waals surface area (Å²) in [6.45, 7) is 3.88. The van der Waals surface area contributed by atoms with Crippen LogP contribution in [0, 0.1) is 19.1 Å². The number of nitrogens with zero attached hydrogens (tertiary/aromatic N) is 6. The van der Waals surface area contributed by atoms with Gasteiger partial charge in [0.1, 0.15) is 11.2 Å². The summed E-state index contributed by atoms with van der Waals surface area (Å²) in [5.41, 5.74) is 6.66. The van der Waals surface area contributed by atoms with Gasteiger partial charge in [-0.1, -0.05) is 12.1 Å². The van der Waals surface area contributed by atoms with Crippen LogP contribution >= 0.6 is 0 Å². The van der Waals surface area contributed by atoms with Gasteiger partial charge in [0.25, 0.3) is 5.52 Å². The van der Waals surface area contributed by atoms with Gasteiger partial charge in [-0.2, -0.15) is 5.10 Å². The Balaban J connectivity index is 1.62. The van der Waals surface area contributed by atoms with Crippen molar-refractivity contribution in [2.75, 3.05) is 0 Å². The molecule has 28 heavy (non-hydrogen) atoms. The molecule has 4 aromatic rings. The van der Waals surface area contributed by atoms with E-state index < -0.39 is 0 Å². The van der Waals surface area contributed by atoms with Crippen LogP contribution in [0.25, 0.3) is 33.8 Å². The molecule has 1 aromatic carbocycles. The highest BCUT2D eigenvalue weighted by Crippen LogP contribution is 2.28. The maximum absolute atomic E-state index is 12.7. The average molecular weight is 372 g/mol. The number of hydrogen-bond acceptors (Lipinski definition) is 5. The minimum atomic E-state index is 0.309. The lowest BCUT2D eigenvalue weighted by Crippen LogP contribution is -2.33. The fourth-order valence-corrected chi connectivity index (χ4v) is 3.81. The summed E-state index contributed by atoms with van der Waals surface area (Å²) in [6.07, 6.45) is 8.70. The molecular weight excluding hydrogens is 352 g/mol. The van der Waals surface area contributed by atoms with Gasteiger partial charge in [-0.3, -0.25) is 0 Å². The van der Waals surface area contributed by atoms with Crippen LogP contribution in [0.15, 0.2) is 36.5 Å². The number of rotatable bonds is 2. The number of aromatic nitrogens is 6. The van der Waals surface area contributed by atoms with E-state index in [-0.39, 0.29) is 0 Å². The molecule has 0 bridgehead atoms. The van der Waals surface area contributed by atoms with Gasteiger partial charge in [-0.15, -0.1) is 0 Å². The predicted molar refractivity (Wildman–Crippen MR) is 106 cm³/mol. The molecule has 140 valence electrons. The predicted octanol–water partition coefficient (Wildman–Crippen LogP) is 3.55. The van der Waals surface area contributed by atoms with Gasteiger partial charge in [0.05, 0.1) is 11.9 Å². The summed E-state index contributed by atoms with van der Waals surface area (Å²) in [5.74, 6) is 0.309. The number of benzene rings is 1. The molecule has 0 amide bonds. The normalized spacial score (nSPS) is 14.6. The number of hydrogen-bond donors (Lipinski definition) is 0. The first-order valence-corrected chi connectivity index (χ1v) is 9.53. The lowest BCUT2D eigenvalue weighted by molar-refractivity contribution is -0.642. The molecule has 0 saturated carbocycles. The van der Waals surface area contributed by atoms with E-state index in [0.29, 0.717) is 27.4 Å². The molecule has 0 radical (unpaired) electrons. The number of allylic oxidation sites excluding steroid dienone is 2. The van der Waals surface area contributed by atoms with E-state index in [1.165, 1.54) is 18.4 Å². The highest BCUT2D eigenvalue weighted by molar-refractivity contribution is 5.79. The first-order valence-electron chi connectivity index (χ1n) is 9.53. The molecule has 3 heterocycles. The van der Waals surface area contributed by atoms with Crippen LogP contribution in [0.5, 0.6) is 0 Å². The maximum Gasteiger partial charge on any atom is 0.271 e. The zero-order chi connectivity index (χ0) is 19.3. The molecule has 0 saturated heterocycles. The van der Waals surface area contributed by atoms with Crippen LogP contribution in [0.4, 0.5) is 0 Å². The van der Waals surface area contributed by atoms with Gasteiger partial charge in [0, 0.05) is 11.2 Å². The van der Waals surface area contributed by atoms with E-state index in [9.17, 15) is 5.21 Å². The Bertz CT molecular complexity index is 1260. The van der Waals surface area contributed by atoms with Gasteiger partial charge in [0.2, 0.25) is 5.82 Å². The average Bonchev–Trinajstić information content (AvgIpc) is 3.09. The first kappa shape index (κ1) is 16.8. The topological polar surface area (TPSA) is 82.9 Å². The van der Waals surface area contributed by atoms with Crippen molar-refractivity contribution >= 4 is 22.3 Å². The maximum atomic E-state index is 12.7. The molecule has 0 atom stereocenters. The molecule has 7 nitrogen and oxygen atoms in total. The number of imidazole rings is 1. The van der Waals surface area contributed by atoms with E-state index in [4.69, 9.17) is 0 Å². The number of aryl methyl sites for hydroxylation is 2. The lowest BCUT2D eigenvalue weighted by atomic mass is 9.93. The second-order valence-electron chi connectivity index (χ2n) is 7.35. The second kappa shape index (κ2) is 6.37. The SMILES string of the molecule is Cc1cn2nc(-c3nc4ccc(C5=CCCCC5)cc4[n+]([O-])n3)cc(C)c2n1. The minimum absolute atomic E-state index is 0.309. The highest BCUT2D eigenvalue weighted by atomic mass is 16.5. The standard InChI is InChI=1S/C21H20N6O/c1-13-10-18(24-26-12-14(2)22-21(13)26)20-23-17-9-8-16(11-19(17)27(28)25-20)15-6-4-3-5-7-15/h6,8-12H,3-5,7H2,1-2H3. The Kier molecular flexibility index (Phi) is 3.82. The Hall–Kier alpha value is -3.35.